The highest BCUT2D eigenvalue weighted by molar-refractivity contribution is 7.89. The highest BCUT2D eigenvalue weighted by atomic mass is 32.2. The molecule has 9 heteroatoms. The molecular formula is C28H26FN3O4S. The van der Waals surface area contributed by atoms with E-state index >= 15 is 0 Å². The van der Waals surface area contributed by atoms with Gasteiger partial charge in [0.05, 0.1) is 4.90 Å². The highest BCUT2D eigenvalue weighted by Gasteiger charge is 2.24. The van der Waals surface area contributed by atoms with Gasteiger partial charge in [-0.25, -0.2) is 17.9 Å². The number of nitrogens with zero attached hydrogens (tertiary/aromatic N) is 2. The van der Waals surface area contributed by atoms with E-state index in [9.17, 15) is 22.5 Å². The lowest BCUT2D eigenvalue weighted by Gasteiger charge is -2.23. The first kappa shape index (κ1) is 26.1. The number of aromatic nitrogens is 1. The first-order valence-corrected chi connectivity index (χ1v) is 13.1. The molecule has 0 fully saturated rings. The van der Waals surface area contributed by atoms with Crippen LogP contribution in [0.5, 0.6) is 0 Å². The van der Waals surface area contributed by atoms with Crippen LogP contribution in [0.3, 0.4) is 0 Å². The van der Waals surface area contributed by atoms with Gasteiger partial charge in [0.25, 0.3) is 0 Å². The molecule has 0 saturated carbocycles. The second kappa shape index (κ2) is 10.6. The lowest BCUT2D eigenvalue weighted by molar-refractivity contribution is 0.583. The van der Waals surface area contributed by atoms with Crippen molar-refractivity contribution in [2.75, 3.05) is 0 Å². The van der Waals surface area contributed by atoms with Crippen LogP contribution in [0.4, 0.5) is 4.39 Å². The van der Waals surface area contributed by atoms with E-state index in [0.29, 0.717) is 12.0 Å². The molecule has 1 unspecified atom stereocenters. The Morgan fingerprint density at radius 3 is 2.05 bits per heavy atom. The Morgan fingerprint density at radius 2 is 1.51 bits per heavy atom. The summed E-state index contributed by atoms with van der Waals surface area (Å²) < 4.78 is 38.4. The van der Waals surface area contributed by atoms with Gasteiger partial charge in [-0.1, -0.05) is 47.6 Å². The van der Waals surface area contributed by atoms with E-state index in [0.717, 1.165) is 27.8 Å². The fraction of sp³-hybridized carbons (Fsp3) is 0.179. The second-order valence-electron chi connectivity index (χ2n) is 9.01. The van der Waals surface area contributed by atoms with Crippen molar-refractivity contribution in [2.45, 2.75) is 30.2 Å². The van der Waals surface area contributed by atoms with Crippen molar-refractivity contribution in [1.82, 2.24) is 4.57 Å². The molecule has 3 aromatic carbocycles. The summed E-state index contributed by atoms with van der Waals surface area (Å²) in [7, 11) is -2.17. The zero-order chi connectivity index (χ0) is 26.7. The number of nitrogens with two attached hydrogens (primary N) is 1. The molecule has 1 aromatic heterocycles. The molecule has 4 aromatic rings. The fourth-order valence-electron chi connectivity index (χ4n) is 4.49. The third kappa shape index (κ3) is 5.90. The summed E-state index contributed by atoms with van der Waals surface area (Å²) in [6.45, 7) is 1.82. The SMILES string of the molecule is Cc1cc(F)ccc1[C@@H](CC(N=O)c1ccc(=O)n(C)c1)c1ccc(-c2ccc(S(N)(=O)=O)cc2)cc1. The summed E-state index contributed by atoms with van der Waals surface area (Å²) in [6, 6.07) is 20.8. The highest BCUT2D eigenvalue weighted by Crippen LogP contribution is 2.38. The number of rotatable bonds is 8. The van der Waals surface area contributed by atoms with Gasteiger partial charge in [-0.2, -0.15) is 4.91 Å². The van der Waals surface area contributed by atoms with Gasteiger partial charge in [0.1, 0.15) is 11.9 Å². The van der Waals surface area contributed by atoms with Gasteiger partial charge in [-0.3, -0.25) is 4.79 Å². The largest absolute Gasteiger partial charge is 0.318 e. The van der Waals surface area contributed by atoms with Crippen LogP contribution >= 0.6 is 0 Å². The lowest BCUT2D eigenvalue weighted by Crippen LogP contribution is -2.16. The Labute approximate surface area is 214 Å². The summed E-state index contributed by atoms with van der Waals surface area (Å²) in [5.74, 6) is -0.624. The van der Waals surface area contributed by atoms with Gasteiger partial charge in [0.15, 0.2) is 0 Å². The third-order valence-corrected chi connectivity index (χ3v) is 7.45. The molecule has 0 bridgehead atoms. The number of benzene rings is 3. The molecule has 0 spiro atoms. The lowest BCUT2D eigenvalue weighted by atomic mass is 9.82. The van der Waals surface area contributed by atoms with E-state index in [2.05, 4.69) is 5.18 Å². The molecule has 0 aliphatic carbocycles. The molecule has 0 aliphatic rings. The maximum Gasteiger partial charge on any atom is 0.250 e. The zero-order valence-corrected chi connectivity index (χ0v) is 21.2. The average Bonchev–Trinajstić information content (AvgIpc) is 2.87. The van der Waals surface area contributed by atoms with Crippen molar-refractivity contribution in [3.05, 3.63) is 128 Å². The van der Waals surface area contributed by atoms with E-state index in [-0.39, 0.29) is 22.2 Å². The van der Waals surface area contributed by atoms with Gasteiger partial charge in [-0.05, 0) is 77.1 Å². The fourth-order valence-corrected chi connectivity index (χ4v) is 5.01. The monoisotopic (exact) mass is 519 g/mol. The zero-order valence-electron chi connectivity index (χ0n) is 20.3. The van der Waals surface area contributed by atoms with Crippen LogP contribution in [0.2, 0.25) is 0 Å². The maximum absolute atomic E-state index is 13.9. The standard InChI is InChI=1S/C28H26FN3O4S/c1-18-15-23(29)10-13-25(18)26(16-27(31-34)22-9-14-28(33)32(2)17-22)21-5-3-19(4-6-21)20-7-11-24(12-8-20)37(30,35)36/h3-15,17,26-27H,16H2,1-2H3,(H2,30,35,36)/t26-,27?/m0/s1. The Balaban J connectivity index is 1.71. The summed E-state index contributed by atoms with van der Waals surface area (Å²) in [5.41, 5.74) is 4.62. The van der Waals surface area contributed by atoms with Crippen LogP contribution in [0, 0.1) is 17.6 Å². The summed E-state index contributed by atoms with van der Waals surface area (Å²) >= 11 is 0. The molecule has 2 N–H and O–H groups in total. The molecule has 0 amide bonds. The predicted octanol–water partition coefficient (Wildman–Crippen LogP) is 5.18. The van der Waals surface area contributed by atoms with Crippen molar-refractivity contribution < 1.29 is 12.8 Å². The first-order chi connectivity index (χ1) is 17.6. The smallest absolute Gasteiger partial charge is 0.250 e. The number of halogens is 1. The first-order valence-electron chi connectivity index (χ1n) is 11.5. The predicted molar refractivity (Wildman–Crippen MR) is 141 cm³/mol. The Morgan fingerprint density at radius 1 is 0.919 bits per heavy atom. The van der Waals surface area contributed by atoms with E-state index in [4.69, 9.17) is 5.14 Å². The van der Waals surface area contributed by atoms with Crippen LogP contribution in [-0.2, 0) is 17.1 Å². The third-order valence-electron chi connectivity index (χ3n) is 6.52. The average molecular weight is 520 g/mol. The Hall–Kier alpha value is -3.95. The van der Waals surface area contributed by atoms with E-state index < -0.39 is 16.1 Å². The number of hydrogen-bond acceptors (Lipinski definition) is 5. The van der Waals surface area contributed by atoms with Crippen LogP contribution in [0.1, 0.15) is 40.6 Å². The number of hydrogen-bond donors (Lipinski definition) is 1. The molecule has 1 heterocycles. The normalized spacial score (nSPS) is 13.2. The van der Waals surface area contributed by atoms with Gasteiger partial charge in [0, 0.05) is 25.2 Å². The Kier molecular flexibility index (Phi) is 7.47. The number of aryl methyl sites for hydroxylation is 2. The minimum Gasteiger partial charge on any atom is -0.318 e. The molecule has 37 heavy (non-hydrogen) atoms. The summed E-state index contributed by atoms with van der Waals surface area (Å²) in [5, 5.41) is 8.55. The van der Waals surface area contributed by atoms with Crippen LogP contribution < -0.4 is 10.7 Å². The van der Waals surface area contributed by atoms with Crippen LogP contribution in [-0.4, -0.2) is 13.0 Å². The molecule has 7 nitrogen and oxygen atoms in total. The number of primary sulfonamides is 1. The van der Waals surface area contributed by atoms with Crippen LogP contribution in [0.15, 0.2) is 99.9 Å². The summed E-state index contributed by atoms with van der Waals surface area (Å²) in [6.07, 6.45) is 1.92. The van der Waals surface area contributed by atoms with Crippen molar-refractivity contribution >= 4 is 10.0 Å². The topological polar surface area (TPSA) is 112 Å². The number of sulfonamides is 1. The van der Waals surface area contributed by atoms with Gasteiger partial charge >= 0.3 is 0 Å². The van der Waals surface area contributed by atoms with E-state index in [1.165, 1.54) is 34.9 Å². The maximum atomic E-state index is 13.9. The molecular weight excluding hydrogens is 493 g/mol. The van der Waals surface area contributed by atoms with Crippen molar-refractivity contribution in [2.24, 2.45) is 17.4 Å². The Bertz CT molecular complexity index is 1600. The molecule has 2 atom stereocenters. The minimum atomic E-state index is -3.78. The van der Waals surface area contributed by atoms with Crippen molar-refractivity contribution in [3.8, 4) is 11.1 Å². The quantitative estimate of drug-likeness (QED) is 0.323. The second-order valence-corrected chi connectivity index (χ2v) is 10.6. The molecule has 0 radical (unpaired) electrons. The number of nitroso groups, excluding NO2 is 1. The van der Waals surface area contributed by atoms with Crippen molar-refractivity contribution in [1.29, 1.82) is 0 Å². The summed E-state index contributed by atoms with van der Waals surface area (Å²) in [4.78, 5) is 23.8. The van der Waals surface area contributed by atoms with Gasteiger partial charge in [0.2, 0.25) is 15.6 Å². The van der Waals surface area contributed by atoms with Gasteiger partial charge < -0.3 is 4.57 Å². The van der Waals surface area contributed by atoms with Crippen LogP contribution in [0.25, 0.3) is 11.1 Å². The molecule has 4 rings (SSSR count). The van der Waals surface area contributed by atoms with Crippen molar-refractivity contribution in [3.63, 3.8) is 0 Å². The van der Waals surface area contributed by atoms with Gasteiger partial charge in [-0.15, -0.1) is 0 Å². The van der Waals surface area contributed by atoms with E-state index in [1.807, 2.05) is 31.2 Å². The molecule has 190 valence electrons. The molecule has 0 aliphatic heterocycles. The molecule has 0 saturated heterocycles. The number of pyridine rings is 1. The van der Waals surface area contributed by atoms with E-state index in [1.54, 1.807) is 37.5 Å². The minimum absolute atomic E-state index is 0.0329.